The summed E-state index contributed by atoms with van der Waals surface area (Å²) in [5.74, 6) is -17.3. The number of hydrogen-bond donors (Lipinski definition) is 17. The first-order valence-corrected chi connectivity index (χ1v) is 37.2. The first kappa shape index (κ1) is 80.0. The molecule has 19 N–H and O–H groups in total. The molecular weight excluding hydrogens is 1370 g/mol. The third-order valence-corrected chi connectivity index (χ3v) is 21.6. The predicted octanol–water partition coefficient (Wildman–Crippen LogP) is -4.96. The van der Waals surface area contributed by atoms with Crippen LogP contribution in [-0.4, -0.2) is 242 Å². The van der Waals surface area contributed by atoms with Crippen molar-refractivity contribution in [3.63, 3.8) is 0 Å². The molecule has 4 aliphatic rings. The van der Waals surface area contributed by atoms with Crippen molar-refractivity contribution in [1.82, 2.24) is 68.7 Å². The van der Waals surface area contributed by atoms with E-state index < -0.39 is 192 Å². The molecule has 13 atom stereocenters. The Balaban J connectivity index is 0.00000628. The molecule has 5 rings (SSSR count). The van der Waals surface area contributed by atoms with Crippen LogP contribution in [0.2, 0.25) is 0 Å². The van der Waals surface area contributed by atoms with Crippen molar-refractivity contribution >= 4 is 160 Å². The lowest BCUT2D eigenvalue weighted by Gasteiger charge is -2.30. The average molecular weight is 1450 g/mol. The lowest BCUT2D eigenvalue weighted by atomic mass is 10.0. The summed E-state index contributed by atoms with van der Waals surface area (Å²) in [5, 5.41) is 57.3. The Morgan fingerprint density at radius 2 is 1.08 bits per heavy atom. The summed E-state index contributed by atoms with van der Waals surface area (Å²) in [7, 11) is 5.40. The number of phenolic OH excluding ortho intramolecular Hbond substituents is 1. The van der Waals surface area contributed by atoms with Gasteiger partial charge in [0.2, 0.25) is 82.7 Å². The molecule has 0 aromatic heterocycles. The lowest BCUT2D eigenvalue weighted by Crippen LogP contribution is -2.61. The smallest absolute Gasteiger partial charge is 0.326 e. The number of rotatable bonds is 10. The average Bonchev–Trinajstić information content (AvgIpc) is 1.76. The number of phenols is 1. The van der Waals surface area contributed by atoms with E-state index in [-0.39, 0.29) is 79.8 Å². The molecule has 526 valence electrons. The fraction of sp³-hybridized carbons (Fsp3) is 0.600. The highest BCUT2D eigenvalue weighted by Crippen LogP contribution is 2.28. The predicted molar refractivity (Wildman–Crippen MR) is 355 cm³/mol. The maximum absolute atomic E-state index is 14.9. The first-order valence-electron chi connectivity index (χ1n) is 29.7. The maximum atomic E-state index is 14.9. The summed E-state index contributed by atoms with van der Waals surface area (Å²) in [6.07, 6.45) is -0.906. The number of aromatic hydroxyl groups is 1. The third kappa shape index (κ3) is 26.6. The van der Waals surface area contributed by atoms with E-state index in [9.17, 15) is 82.1 Å². The van der Waals surface area contributed by atoms with Gasteiger partial charge in [0.15, 0.2) is 0 Å². The molecule has 4 heterocycles. The monoisotopic (exact) mass is 1450 g/mol. The van der Waals surface area contributed by atoms with E-state index in [1.807, 2.05) is 0 Å². The summed E-state index contributed by atoms with van der Waals surface area (Å²) >= 11 is 0. The quantitative estimate of drug-likeness (QED) is 0.0593. The summed E-state index contributed by atoms with van der Waals surface area (Å²) in [4.78, 5) is 220. The van der Waals surface area contributed by atoms with Gasteiger partial charge in [-0.15, -0.1) is 0 Å². The molecule has 34 nitrogen and oxygen atoms in total. The molecule has 1 aromatic rings. The third-order valence-electron chi connectivity index (χ3n) is 14.3. The van der Waals surface area contributed by atoms with Crippen LogP contribution in [0, 0.1) is 5.92 Å². The topological polar surface area (TPSA) is 533 Å². The molecule has 1 aromatic carbocycles. The zero-order valence-electron chi connectivity index (χ0n) is 52.3. The number of carboxylic acids is 1. The van der Waals surface area contributed by atoms with Gasteiger partial charge in [0.05, 0.1) is 19.0 Å². The lowest BCUT2D eigenvalue weighted by molar-refractivity contribution is -0.143. The second-order valence-corrected chi connectivity index (χ2v) is 30.0. The number of carboxylic acid groups (broad SMARTS) is 2. The van der Waals surface area contributed by atoms with Crippen molar-refractivity contribution < 1.29 is 92.0 Å². The Morgan fingerprint density at radius 3 is 1.63 bits per heavy atom. The highest BCUT2D eigenvalue weighted by atomic mass is 33.1. The molecule has 14 amide bonds. The van der Waals surface area contributed by atoms with Crippen molar-refractivity contribution in [1.29, 1.82) is 0 Å². The number of aliphatic carboxylic acids is 1. The number of nitrogens with zero attached hydrogens (tertiary/aromatic N) is 1. The zero-order chi connectivity index (χ0) is 70.6. The van der Waals surface area contributed by atoms with Gasteiger partial charge in [-0.25, -0.2) is 4.79 Å². The van der Waals surface area contributed by atoms with Gasteiger partial charge >= 0.3 is 5.97 Å². The molecular formula is C55H81N15O19S6. The van der Waals surface area contributed by atoms with Crippen LogP contribution in [0.1, 0.15) is 72.3 Å². The van der Waals surface area contributed by atoms with E-state index >= 15 is 0 Å². The molecule has 4 bridgehead atoms. The molecule has 0 aliphatic carbocycles. The standard InChI is InChI=1S/C54H79N15O17S6.CH2O2/c1-6-30-45(76)62-31(14-24(2)3)46(77)67-38-23-92-89-19-34(48(79)64-33(54(85)86)15-27-9-11-28(70)12-10-27)60-41(72)17-57-42(73)25(4)58-47(78)35-20-90-91-21-36(49(80)61-30)66-44(75)29(55)18-87-88-22-37(68-51(38)82)50(81)63-32(16-40(56)71)53(84)69-13-7-8-39(69)52(83)59-26(5)43(74)65-35;2-1-3/h9-12,24-26,29-39,70H,6-8,13-23,55H2,1-5H3,(H2,56,71)(H,57,73)(H,58,78)(H,59,83)(H,60,72)(H,61,80)(H,62,76)(H,63,81)(H,64,79)(H,65,74)(H,66,75)(H,67,77)(H,68,82)(H,85,86);1H,(H,2,3)/t25-,26-,29-,30-,31-,32-,33-,34-,35?,36-,37-,38-,39?;/m0./s1. The Hall–Kier alpha value is -7.40. The normalized spacial score (nSPS) is 27.9. The number of benzene rings is 1. The second kappa shape index (κ2) is 40.2. The summed E-state index contributed by atoms with van der Waals surface area (Å²) in [6.45, 7) is 6.42. The van der Waals surface area contributed by atoms with Gasteiger partial charge < -0.3 is 95.5 Å². The van der Waals surface area contributed by atoms with Crippen LogP contribution in [0.5, 0.6) is 5.75 Å². The molecule has 4 fully saturated rings. The van der Waals surface area contributed by atoms with Crippen molar-refractivity contribution in [3.8, 4) is 5.75 Å². The van der Waals surface area contributed by atoms with Crippen LogP contribution in [0.4, 0.5) is 0 Å². The van der Waals surface area contributed by atoms with Crippen LogP contribution < -0.4 is 75.3 Å². The van der Waals surface area contributed by atoms with Crippen LogP contribution in [-0.2, 0) is 83.1 Å². The SMILES string of the molecule is CC[C@@H]1NC(=O)[C@@H]2CSSCC3NC(=O)[C@H](C)NC(=O)C4CCCN4C(=O)[C@H](CC(N)=O)NC(=O)[C@H](CSSC[C@H](N)C(=O)N2)NC(=O)[C@H](CSSC[C@@H](C(=O)N[C@@H](Cc2ccc(O)cc2)C(=O)O)NC(=O)CNC(=O)[C@H](C)NC3=O)NC(=O)[C@H](CC(C)C)NC1=O.O=CO. The van der Waals surface area contributed by atoms with Crippen LogP contribution in [0.3, 0.4) is 0 Å². The maximum Gasteiger partial charge on any atom is 0.326 e. The number of carbonyl (C=O) groups is 16. The minimum Gasteiger partial charge on any atom is -0.508 e. The second-order valence-electron chi connectivity index (χ2n) is 22.3. The fourth-order valence-corrected chi connectivity index (χ4v) is 16.2. The Labute approximate surface area is 569 Å². The Morgan fingerprint density at radius 1 is 0.621 bits per heavy atom. The van der Waals surface area contributed by atoms with Gasteiger partial charge in [0.25, 0.3) is 6.47 Å². The number of nitrogens with two attached hydrogens (primary N) is 2. The molecule has 40 heteroatoms. The largest absolute Gasteiger partial charge is 0.508 e. The van der Waals surface area contributed by atoms with E-state index in [1.165, 1.54) is 38.1 Å². The number of fused-ring (bicyclic) bond motifs is 20. The molecule has 2 unspecified atom stereocenters. The van der Waals surface area contributed by atoms with Crippen LogP contribution >= 0.6 is 64.8 Å². The van der Waals surface area contributed by atoms with E-state index in [0.717, 1.165) is 69.7 Å². The minimum absolute atomic E-state index is 0.0470. The Bertz CT molecular complexity index is 2960. The molecule has 0 saturated carbocycles. The van der Waals surface area contributed by atoms with E-state index in [4.69, 9.17) is 21.4 Å². The van der Waals surface area contributed by atoms with Crippen LogP contribution in [0.15, 0.2) is 24.3 Å². The summed E-state index contributed by atoms with van der Waals surface area (Å²) in [5.41, 5.74) is 12.4. The number of primary amides is 1. The summed E-state index contributed by atoms with van der Waals surface area (Å²) in [6, 6.07) is -14.1. The number of nitrogens with one attached hydrogen (secondary N) is 12. The van der Waals surface area contributed by atoms with Gasteiger partial charge in [-0.1, -0.05) is 97.7 Å². The van der Waals surface area contributed by atoms with Crippen molar-refractivity contribution in [2.45, 2.75) is 152 Å². The molecule has 95 heavy (non-hydrogen) atoms. The molecule has 4 saturated heterocycles. The van der Waals surface area contributed by atoms with E-state index in [2.05, 4.69) is 63.8 Å². The van der Waals surface area contributed by atoms with Crippen molar-refractivity contribution in [3.05, 3.63) is 29.8 Å². The Kier molecular flexibility index (Phi) is 33.9. The number of carbonyl (C=O) groups excluding carboxylic acids is 14. The van der Waals surface area contributed by atoms with Crippen molar-refractivity contribution in [2.75, 3.05) is 47.6 Å². The molecule has 0 radical (unpaired) electrons. The van der Waals surface area contributed by atoms with Gasteiger partial charge in [-0.2, -0.15) is 0 Å². The van der Waals surface area contributed by atoms with Gasteiger partial charge in [0.1, 0.15) is 78.3 Å². The van der Waals surface area contributed by atoms with Crippen molar-refractivity contribution in [2.24, 2.45) is 17.4 Å². The number of hydrogen-bond acceptors (Lipinski definition) is 24. The number of amides is 14. The van der Waals surface area contributed by atoms with E-state index in [1.54, 1.807) is 20.8 Å². The van der Waals surface area contributed by atoms with Gasteiger partial charge in [0, 0.05) is 47.5 Å². The molecule has 4 aliphatic heterocycles. The molecule has 0 spiro atoms. The van der Waals surface area contributed by atoms with Crippen LogP contribution in [0.25, 0.3) is 0 Å². The fourth-order valence-electron chi connectivity index (χ4n) is 9.25. The first-order chi connectivity index (χ1) is 45.0. The highest BCUT2D eigenvalue weighted by molar-refractivity contribution is 8.77. The highest BCUT2D eigenvalue weighted by Gasteiger charge is 2.41. The minimum atomic E-state index is -1.77. The summed E-state index contributed by atoms with van der Waals surface area (Å²) < 4.78 is 0. The zero-order valence-corrected chi connectivity index (χ0v) is 57.2. The van der Waals surface area contributed by atoms with E-state index in [0.29, 0.717) is 5.56 Å². The van der Waals surface area contributed by atoms with Gasteiger partial charge in [-0.05, 0) is 63.1 Å². The van der Waals surface area contributed by atoms with Gasteiger partial charge in [-0.3, -0.25) is 71.9 Å².